The van der Waals surface area contributed by atoms with Crippen LogP contribution in [0.3, 0.4) is 0 Å². The van der Waals surface area contributed by atoms with Gasteiger partial charge in [0, 0.05) is 13.1 Å². The Hall–Kier alpha value is -1.59. The van der Waals surface area contributed by atoms with Crippen LogP contribution in [0.5, 0.6) is 5.75 Å². The molecule has 0 aliphatic carbocycles. The first kappa shape index (κ1) is 16.8. The van der Waals surface area contributed by atoms with Gasteiger partial charge in [0.1, 0.15) is 5.75 Å². The Labute approximate surface area is 131 Å². The molecule has 1 fully saturated rings. The van der Waals surface area contributed by atoms with Crippen LogP contribution in [-0.2, 0) is 11.3 Å². The average Bonchev–Trinajstić information content (AvgIpc) is 2.46. The van der Waals surface area contributed by atoms with Gasteiger partial charge in [-0.3, -0.25) is 4.90 Å². The molecule has 1 aliphatic rings. The van der Waals surface area contributed by atoms with Crippen molar-refractivity contribution in [2.75, 3.05) is 19.7 Å². The number of piperidine rings is 1. The molecule has 0 bridgehead atoms. The highest BCUT2D eigenvalue weighted by atomic mass is 16.5. The van der Waals surface area contributed by atoms with Crippen LogP contribution in [-0.4, -0.2) is 46.4 Å². The predicted molar refractivity (Wildman–Crippen MR) is 83.9 cm³/mol. The molecule has 0 saturated carbocycles. The van der Waals surface area contributed by atoms with E-state index >= 15 is 0 Å². The number of likely N-dealkylation sites (tertiary alicyclic amines) is 1. The molecule has 1 aromatic rings. The number of carboxylic acid groups (broad SMARTS) is 1. The molecule has 1 aliphatic heterocycles. The summed E-state index contributed by atoms with van der Waals surface area (Å²) in [5.74, 6) is -0.103. The Kier molecular flexibility index (Phi) is 5.42. The first-order chi connectivity index (χ1) is 10.3. The fraction of sp³-hybridized carbons (Fsp3) is 0.588. The molecule has 2 rings (SSSR count). The van der Waals surface area contributed by atoms with Gasteiger partial charge >= 0.3 is 5.97 Å². The highest BCUT2D eigenvalue weighted by Gasteiger charge is 2.31. The van der Waals surface area contributed by atoms with E-state index in [0.29, 0.717) is 11.7 Å². The number of rotatable bonds is 6. The van der Waals surface area contributed by atoms with Gasteiger partial charge in [0.15, 0.2) is 6.61 Å². The van der Waals surface area contributed by atoms with E-state index in [9.17, 15) is 9.90 Å². The SMILES string of the molecule is CC(C)(O)[C@H]1CCCN(Cc2ccc(OCC(=O)O)cc2)C1. The van der Waals surface area contributed by atoms with E-state index in [1.165, 1.54) is 5.56 Å². The molecule has 5 nitrogen and oxygen atoms in total. The molecule has 1 heterocycles. The van der Waals surface area contributed by atoms with Gasteiger partial charge in [-0.2, -0.15) is 0 Å². The largest absolute Gasteiger partial charge is 0.482 e. The summed E-state index contributed by atoms with van der Waals surface area (Å²) in [5.41, 5.74) is 0.534. The molecule has 0 radical (unpaired) electrons. The van der Waals surface area contributed by atoms with Gasteiger partial charge in [-0.25, -0.2) is 4.79 Å². The molecule has 0 aromatic heterocycles. The van der Waals surface area contributed by atoms with Gasteiger partial charge in [-0.05, 0) is 56.8 Å². The minimum atomic E-state index is -0.977. The molecule has 22 heavy (non-hydrogen) atoms. The zero-order valence-electron chi connectivity index (χ0n) is 13.3. The van der Waals surface area contributed by atoms with Crippen LogP contribution in [0.1, 0.15) is 32.3 Å². The molecule has 1 atom stereocenters. The summed E-state index contributed by atoms with van der Waals surface area (Å²) in [6.45, 7) is 6.24. The molecule has 1 aromatic carbocycles. The van der Waals surface area contributed by atoms with E-state index in [1.807, 2.05) is 26.0 Å². The molecule has 2 N–H and O–H groups in total. The summed E-state index contributed by atoms with van der Waals surface area (Å²) in [6, 6.07) is 7.53. The van der Waals surface area contributed by atoms with Crippen molar-refractivity contribution in [1.29, 1.82) is 0 Å². The minimum absolute atomic E-state index is 0.305. The lowest BCUT2D eigenvalue weighted by Gasteiger charge is -2.38. The lowest BCUT2D eigenvalue weighted by Crippen LogP contribution is -2.44. The lowest BCUT2D eigenvalue weighted by molar-refractivity contribution is -0.139. The topological polar surface area (TPSA) is 70.0 Å². The summed E-state index contributed by atoms with van der Waals surface area (Å²) >= 11 is 0. The first-order valence-corrected chi connectivity index (χ1v) is 7.73. The lowest BCUT2D eigenvalue weighted by atomic mass is 9.84. The summed E-state index contributed by atoms with van der Waals surface area (Å²) in [4.78, 5) is 12.8. The van der Waals surface area contributed by atoms with Gasteiger partial charge < -0.3 is 14.9 Å². The molecule has 1 saturated heterocycles. The van der Waals surface area contributed by atoms with Crippen LogP contribution < -0.4 is 4.74 Å². The second kappa shape index (κ2) is 7.11. The highest BCUT2D eigenvalue weighted by Crippen LogP contribution is 2.27. The third kappa shape index (κ3) is 5.00. The molecule has 0 spiro atoms. The summed E-state index contributed by atoms with van der Waals surface area (Å²) in [5, 5.41) is 18.8. The normalized spacial score (nSPS) is 19.9. The standard InChI is InChI=1S/C17H25NO4/c1-17(2,21)14-4-3-9-18(11-14)10-13-5-7-15(8-6-13)22-12-16(19)20/h5-8,14,21H,3-4,9-12H2,1-2H3,(H,19,20)/t14-/m0/s1. The van der Waals surface area contributed by atoms with E-state index in [1.54, 1.807) is 12.1 Å². The van der Waals surface area contributed by atoms with Crippen LogP contribution in [0.2, 0.25) is 0 Å². The van der Waals surface area contributed by atoms with Gasteiger partial charge in [0.2, 0.25) is 0 Å². The highest BCUT2D eigenvalue weighted by molar-refractivity contribution is 5.68. The van der Waals surface area contributed by atoms with Gasteiger partial charge in [0.05, 0.1) is 5.60 Å². The van der Waals surface area contributed by atoms with Crippen LogP contribution >= 0.6 is 0 Å². The number of ether oxygens (including phenoxy) is 1. The van der Waals surface area contributed by atoms with Crippen molar-refractivity contribution >= 4 is 5.97 Å². The predicted octanol–water partition coefficient (Wildman–Crippen LogP) is 2.13. The number of nitrogens with zero attached hydrogens (tertiary/aromatic N) is 1. The van der Waals surface area contributed by atoms with Crippen molar-refractivity contribution < 1.29 is 19.7 Å². The number of hydrogen-bond acceptors (Lipinski definition) is 4. The summed E-state index contributed by atoms with van der Waals surface area (Å²) < 4.78 is 5.13. The van der Waals surface area contributed by atoms with Crippen molar-refractivity contribution in [3.63, 3.8) is 0 Å². The van der Waals surface area contributed by atoms with Crippen molar-refractivity contribution in [1.82, 2.24) is 4.90 Å². The third-order valence-corrected chi connectivity index (χ3v) is 4.20. The Balaban J connectivity index is 1.89. The Morgan fingerprint density at radius 2 is 2.05 bits per heavy atom. The molecular weight excluding hydrogens is 282 g/mol. The molecule has 5 heteroatoms. The van der Waals surface area contributed by atoms with Crippen molar-refractivity contribution in [3.8, 4) is 5.75 Å². The number of aliphatic hydroxyl groups is 1. The summed E-state index contributed by atoms with van der Waals surface area (Å²) in [7, 11) is 0. The third-order valence-electron chi connectivity index (χ3n) is 4.20. The molecule has 0 amide bonds. The monoisotopic (exact) mass is 307 g/mol. The Morgan fingerprint density at radius 1 is 1.36 bits per heavy atom. The zero-order valence-corrected chi connectivity index (χ0v) is 13.3. The zero-order chi connectivity index (χ0) is 16.2. The first-order valence-electron chi connectivity index (χ1n) is 7.73. The maximum atomic E-state index is 10.5. The van der Waals surface area contributed by atoms with Crippen LogP contribution in [0, 0.1) is 5.92 Å². The molecule has 0 unspecified atom stereocenters. The number of benzene rings is 1. The van der Waals surface area contributed by atoms with Crippen LogP contribution in [0.15, 0.2) is 24.3 Å². The van der Waals surface area contributed by atoms with Gasteiger partial charge in [0.25, 0.3) is 0 Å². The van der Waals surface area contributed by atoms with Crippen molar-refractivity contribution in [3.05, 3.63) is 29.8 Å². The number of carbonyl (C=O) groups is 1. The van der Waals surface area contributed by atoms with Crippen molar-refractivity contribution in [2.45, 2.75) is 38.8 Å². The fourth-order valence-electron chi connectivity index (χ4n) is 2.87. The van der Waals surface area contributed by atoms with Crippen molar-refractivity contribution in [2.24, 2.45) is 5.92 Å². The average molecular weight is 307 g/mol. The smallest absolute Gasteiger partial charge is 0.341 e. The minimum Gasteiger partial charge on any atom is -0.482 e. The molecule has 122 valence electrons. The summed E-state index contributed by atoms with van der Waals surface area (Å²) in [6.07, 6.45) is 2.18. The van der Waals surface area contributed by atoms with Gasteiger partial charge in [-0.1, -0.05) is 12.1 Å². The van der Waals surface area contributed by atoms with Gasteiger partial charge in [-0.15, -0.1) is 0 Å². The Bertz CT molecular complexity index is 492. The number of carboxylic acids is 1. The van der Waals surface area contributed by atoms with Crippen LogP contribution in [0.25, 0.3) is 0 Å². The van der Waals surface area contributed by atoms with E-state index in [2.05, 4.69) is 4.90 Å². The quantitative estimate of drug-likeness (QED) is 0.842. The maximum Gasteiger partial charge on any atom is 0.341 e. The fourth-order valence-corrected chi connectivity index (χ4v) is 2.87. The molecular formula is C17H25NO4. The number of aliphatic carboxylic acids is 1. The second-order valence-electron chi connectivity index (χ2n) is 6.55. The van der Waals surface area contributed by atoms with E-state index in [4.69, 9.17) is 9.84 Å². The Morgan fingerprint density at radius 3 is 2.64 bits per heavy atom. The van der Waals surface area contributed by atoms with E-state index < -0.39 is 11.6 Å². The maximum absolute atomic E-state index is 10.5. The van der Waals surface area contributed by atoms with E-state index in [0.717, 1.165) is 32.5 Å². The second-order valence-corrected chi connectivity index (χ2v) is 6.55. The van der Waals surface area contributed by atoms with E-state index in [-0.39, 0.29) is 6.61 Å². The van der Waals surface area contributed by atoms with Crippen LogP contribution in [0.4, 0.5) is 0 Å². The number of hydrogen-bond donors (Lipinski definition) is 2.